The molecular weight excluding hydrogens is 288 g/mol. The van der Waals surface area contributed by atoms with E-state index in [9.17, 15) is 0 Å². The van der Waals surface area contributed by atoms with E-state index >= 15 is 0 Å². The molecule has 0 aromatic rings. The maximum Gasteiger partial charge on any atom is 0.146 e. The van der Waals surface area contributed by atoms with Crippen LogP contribution in [0.3, 0.4) is 0 Å². The van der Waals surface area contributed by atoms with Crippen LogP contribution >= 0.6 is 0 Å². The first-order valence-electron chi connectivity index (χ1n) is 9.41. The molecule has 0 aromatic heterocycles. The highest BCUT2D eigenvalue weighted by molar-refractivity contribution is 5.98. The Morgan fingerprint density at radius 1 is 0.773 bits per heavy atom. The van der Waals surface area contributed by atoms with Gasteiger partial charge in [0, 0.05) is 12.5 Å². The molecule has 0 aliphatic rings. The molecule has 0 radical (unpaired) electrons. The summed E-state index contributed by atoms with van der Waals surface area (Å²) >= 11 is 0. The maximum absolute atomic E-state index is 6.22. The fourth-order valence-corrected chi connectivity index (χ4v) is 4.49. The van der Waals surface area contributed by atoms with Gasteiger partial charge in [-0.1, -0.05) is 59.3 Å². The minimum Gasteiger partial charge on any atom is -0.422 e. The predicted octanol–water partition coefficient (Wildman–Crippen LogP) is 5.02. The highest BCUT2D eigenvalue weighted by Crippen LogP contribution is 2.54. The summed E-state index contributed by atoms with van der Waals surface area (Å²) in [5, 5.41) is 0. The van der Waals surface area contributed by atoms with Crippen molar-refractivity contribution in [3.63, 3.8) is 0 Å². The molecule has 0 saturated carbocycles. The lowest BCUT2D eigenvalue weighted by molar-refractivity contribution is -0.191. The van der Waals surface area contributed by atoms with Crippen molar-refractivity contribution in [1.82, 2.24) is 0 Å². The van der Waals surface area contributed by atoms with Gasteiger partial charge in [-0.3, -0.25) is 0 Å². The molecule has 2 nitrogen and oxygen atoms in total. The summed E-state index contributed by atoms with van der Waals surface area (Å²) in [6, 6.07) is 0. The Kier molecular flexibility index (Phi) is 10.2. The van der Waals surface area contributed by atoms with Gasteiger partial charge in [0.05, 0.1) is 11.2 Å². The van der Waals surface area contributed by atoms with Crippen molar-refractivity contribution < 1.29 is 9.16 Å². The third-order valence-corrected chi connectivity index (χ3v) is 7.07. The Hall–Kier alpha value is 0.137. The molecule has 0 N–H and O–H groups in total. The summed E-state index contributed by atoms with van der Waals surface area (Å²) in [4.78, 5) is 0. The number of hydrogen-bond donors (Lipinski definition) is 0. The molecule has 0 aliphatic carbocycles. The number of rotatable bonds is 13. The molecule has 0 heterocycles. The molecule has 134 valence electrons. The quantitative estimate of drug-likeness (QED) is 0.441. The lowest BCUT2D eigenvalue weighted by Gasteiger charge is -2.57. The van der Waals surface area contributed by atoms with Crippen LogP contribution in [0, 0.1) is 5.41 Å². The van der Waals surface area contributed by atoms with E-state index in [1.807, 2.05) is 7.11 Å². The van der Waals surface area contributed by atoms with Crippen LogP contribution in [0.25, 0.3) is 0 Å². The second-order valence-electron chi connectivity index (χ2n) is 7.54. The van der Waals surface area contributed by atoms with Gasteiger partial charge in [-0.25, -0.2) is 0 Å². The zero-order valence-corrected chi connectivity index (χ0v) is 18.7. The van der Waals surface area contributed by atoms with Gasteiger partial charge in [0.2, 0.25) is 0 Å². The molecule has 0 saturated heterocycles. The average Bonchev–Trinajstić information content (AvgIpc) is 2.52. The fourth-order valence-electron chi connectivity index (χ4n) is 4.10. The first kappa shape index (κ1) is 22.1. The minimum atomic E-state index is -0.123. The summed E-state index contributed by atoms with van der Waals surface area (Å²) in [6.07, 6.45) is 10.9. The Balaban J connectivity index is 5.84. The predicted molar refractivity (Wildman–Crippen MR) is 102 cm³/mol. The summed E-state index contributed by atoms with van der Waals surface area (Å²) in [7, 11) is 2.69. The summed E-state index contributed by atoms with van der Waals surface area (Å²) in [5.74, 6) is 0. The lowest BCUT2D eigenvalue weighted by Crippen LogP contribution is -2.60. The van der Waals surface area contributed by atoms with E-state index < -0.39 is 0 Å². The van der Waals surface area contributed by atoms with Crippen LogP contribution in [0.5, 0.6) is 0 Å². The Labute approximate surface area is 143 Å². The van der Waals surface area contributed by atoms with E-state index in [4.69, 9.17) is 9.16 Å². The molecule has 0 amide bonds. The van der Waals surface area contributed by atoms with Crippen LogP contribution in [-0.2, 0) is 9.16 Å². The first-order valence-corrected chi connectivity index (χ1v) is 10.2. The van der Waals surface area contributed by atoms with Crippen LogP contribution in [0.4, 0.5) is 0 Å². The third kappa shape index (κ3) is 4.81. The molecule has 1 unspecified atom stereocenters. The van der Waals surface area contributed by atoms with Gasteiger partial charge in [0.15, 0.2) is 0 Å². The summed E-state index contributed by atoms with van der Waals surface area (Å²) < 4.78 is 12.4. The third-order valence-electron chi connectivity index (χ3n) is 6.05. The maximum atomic E-state index is 6.22. The van der Waals surface area contributed by atoms with Crippen LogP contribution in [0.1, 0.15) is 99.3 Å². The largest absolute Gasteiger partial charge is 0.422 e. The smallest absolute Gasteiger partial charge is 0.146 e. The van der Waals surface area contributed by atoms with E-state index in [2.05, 4.69) is 41.5 Å². The van der Waals surface area contributed by atoms with Gasteiger partial charge in [0.1, 0.15) is 10.5 Å². The molecule has 0 spiro atoms. The molecule has 0 bridgehead atoms. The van der Waals surface area contributed by atoms with Gasteiger partial charge in [-0.15, -0.1) is 0 Å². The lowest BCUT2D eigenvalue weighted by atomic mass is 9.56. The van der Waals surface area contributed by atoms with Crippen molar-refractivity contribution in [3.05, 3.63) is 0 Å². The van der Waals surface area contributed by atoms with Crippen LogP contribution in [0.15, 0.2) is 0 Å². The normalized spacial score (nSPS) is 16.0. The highest BCUT2D eigenvalue weighted by Gasteiger charge is 2.56. The van der Waals surface area contributed by atoms with Crippen LogP contribution in [0.2, 0.25) is 0 Å². The van der Waals surface area contributed by atoms with Gasteiger partial charge in [0.25, 0.3) is 0 Å². The van der Waals surface area contributed by atoms with Crippen LogP contribution < -0.4 is 0 Å². The van der Waals surface area contributed by atoms with E-state index in [0.29, 0.717) is 0 Å². The zero-order chi connectivity index (χ0) is 17.3. The van der Waals surface area contributed by atoms with Crippen molar-refractivity contribution in [3.8, 4) is 0 Å². The van der Waals surface area contributed by atoms with Gasteiger partial charge in [-0.05, 0) is 40.0 Å². The van der Waals surface area contributed by atoms with Gasteiger partial charge < -0.3 is 9.16 Å². The summed E-state index contributed by atoms with van der Waals surface area (Å²) in [6.45, 7) is 13.8. The van der Waals surface area contributed by atoms with E-state index in [0.717, 1.165) is 16.9 Å². The molecule has 1 atom stereocenters. The van der Waals surface area contributed by atoms with Crippen molar-refractivity contribution in [2.24, 2.45) is 5.41 Å². The number of unbranched alkanes of at least 4 members (excludes halogenated alkanes) is 3. The number of methoxy groups -OCH3 is 1. The molecular formula is C19H42O2Si. The van der Waals surface area contributed by atoms with E-state index in [-0.39, 0.29) is 16.6 Å². The topological polar surface area (TPSA) is 18.5 Å². The minimum absolute atomic E-state index is 0.0949. The fraction of sp³-hybridized carbons (Fsp3) is 1.00. The monoisotopic (exact) mass is 330 g/mol. The van der Waals surface area contributed by atoms with E-state index in [1.54, 1.807) is 0 Å². The molecule has 0 rings (SSSR count). The van der Waals surface area contributed by atoms with Crippen LogP contribution in [-0.4, -0.2) is 28.8 Å². The van der Waals surface area contributed by atoms with Crippen molar-refractivity contribution in [1.29, 1.82) is 0 Å². The number of ether oxygens (including phenoxy) is 1. The van der Waals surface area contributed by atoms with E-state index in [1.165, 1.54) is 51.4 Å². The van der Waals surface area contributed by atoms with Crippen molar-refractivity contribution in [2.45, 2.75) is 111 Å². The van der Waals surface area contributed by atoms with Gasteiger partial charge >= 0.3 is 0 Å². The summed E-state index contributed by atoms with van der Waals surface area (Å²) in [5.41, 5.74) is -0.138. The molecule has 0 fully saturated rings. The average molecular weight is 331 g/mol. The molecule has 0 aliphatic heterocycles. The Morgan fingerprint density at radius 3 is 1.50 bits per heavy atom. The standard InChI is InChI=1S/C19H42O2Si/c1-8-11-14-18(6,20-7)19(15-12-9-2,16-13-10-3)17(4,5)21-22/h8-16H2,1-7,22H3. The molecule has 22 heavy (non-hydrogen) atoms. The second kappa shape index (κ2) is 10.1. The first-order chi connectivity index (χ1) is 10.3. The van der Waals surface area contributed by atoms with Gasteiger partial charge in [-0.2, -0.15) is 0 Å². The zero-order valence-electron chi connectivity index (χ0n) is 16.7. The molecule has 0 aromatic carbocycles. The SMILES string of the molecule is CCCCC(C)(OC)C(CCCC)(CCCC)C(C)(C)O[SiH3]. The van der Waals surface area contributed by atoms with Crippen molar-refractivity contribution in [2.75, 3.05) is 7.11 Å². The Bertz CT molecular complexity index is 283. The Morgan fingerprint density at radius 2 is 1.18 bits per heavy atom. The molecule has 3 heteroatoms. The van der Waals surface area contributed by atoms with Crippen molar-refractivity contribution >= 4 is 10.5 Å². The highest BCUT2D eigenvalue weighted by atomic mass is 28.2. The number of hydrogen-bond acceptors (Lipinski definition) is 2. The second-order valence-corrected chi connectivity index (χ2v) is 7.95.